The van der Waals surface area contributed by atoms with Crippen LogP contribution in [0, 0.1) is 17.1 Å². The highest BCUT2D eigenvalue weighted by Crippen LogP contribution is 2.43. The molecule has 0 bridgehead atoms. The SMILES string of the molecule is N#Cc1ccc(O[C@H]2c3cc(Cl)cc(Cl)c3C[C@@H]2N2CCC[C@@H](N)C2)c(F)c1. The largest absolute Gasteiger partial charge is 0.481 e. The highest BCUT2D eigenvalue weighted by Gasteiger charge is 2.41. The Morgan fingerprint density at radius 2 is 2.07 bits per heavy atom. The molecule has 28 heavy (non-hydrogen) atoms. The van der Waals surface area contributed by atoms with Gasteiger partial charge in [0.15, 0.2) is 11.6 Å². The molecule has 2 N–H and O–H groups in total. The average Bonchev–Trinajstić information content (AvgIpc) is 3.02. The molecule has 0 unspecified atom stereocenters. The van der Waals surface area contributed by atoms with Crippen molar-refractivity contribution in [3.63, 3.8) is 0 Å². The molecule has 0 saturated carbocycles. The number of ether oxygens (including phenoxy) is 1. The molecule has 2 aliphatic rings. The molecule has 1 saturated heterocycles. The van der Waals surface area contributed by atoms with Gasteiger partial charge >= 0.3 is 0 Å². The van der Waals surface area contributed by atoms with Crippen LogP contribution in [-0.2, 0) is 6.42 Å². The number of nitrogens with two attached hydrogens (primary N) is 1. The van der Waals surface area contributed by atoms with Gasteiger partial charge < -0.3 is 10.5 Å². The molecule has 1 heterocycles. The molecule has 2 aromatic carbocycles. The van der Waals surface area contributed by atoms with Gasteiger partial charge in [0, 0.05) is 28.2 Å². The molecule has 3 atom stereocenters. The Balaban J connectivity index is 1.71. The maximum absolute atomic E-state index is 14.5. The third kappa shape index (κ3) is 3.70. The van der Waals surface area contributed by atoms with Crippen LogP contribution in [0.2, 0.25) is 10.0 Å². The molecular weight excluding hydrogens is 400 g/mol. The van der Waals surface area contributed by atoms with Crippen molar-refractivity contribution in [2.45, 2.75) is 37.5 Å². The Bertz CT molecular complexity index is 946. The lowest BCUT2D eigenvalue weighted by Gasteiger charge is -2.38. The summed E-state index contributed by atoms with van der Waals surface area (Å²) in [5.74, 6) is -0.450. The summed E-state index contributed by atoms with van der Waals surface area (Å²) in [4.78, 5) is 2.31. The number of nitriles is 1. The first-order valence-corrected chi connectivity index (χ1v) is 10.1. The zero-order valence-electron chi connectivity index (χ0n) is 15.2. The van der Waals surface area contributed by atoms with Crippen molar-refractivity contribution in [2.24, 2.45) is 5.73 Å². The van der Waals surface area contributed by atoms with Crippen molar-refractivity contribution in [3.05, 3.63) is 62.9 Å². The number of hydrogen-bond donors (Lipinski definition) is 1. The minimum absolute atomic E-state index is 0.00707. The Morgan fingerprint density at radius 1 is 1.25 bits per heavy atom. The van der Waals surface area contributed by atoms with E-state index in [4.69, 9.17) is 38.9 Å². The van der Waals surface area contributed by atoms with Gasteiger partial charge in [-0.3, -0.25) is 4.90 Å². The standard InChI is InChI=1S/C21H20Cl2FN3O/c22-13-7-16-15(17(23)8-13)9-19(27-5-1-2-14(26)11-27)21(16)28-20-4-3-12(10-25)6-18(20)24/h3-4,6-8,14,19,21H,1-2,5,9,11,26H2/t14-,19+,21+/m1/s1. The third-order valence-corrected chi connectivity index (χ3v) is 6.09. The van der Waals surface area contributed by atoms with Gasteiger partial charge in [0.05, 0.1) is 17.7 Å². The molecule has 0 amide bonds. The molecule has 1 fully saturated rings. The van der Waals surface area contributed by atoms with Gasteiger partial charge in [0.2, 0.25) is 0 Å². The second-order valence-electron chi connectivity index (χ2n) is 7.42. The van der Waals surface area contributed by atoms with E-state index in [1.54, 1.807) is 12.1 Å². The van der Waals surface area contributed by atoms with E-state index < -0.39 is 11.9 Å². The maximum Gasteiger partial charge on any atom is 0.166 e. The molecule has 4 rings (SSSR count). The number of benzene rings is 2. The van der Waals surface area contributed by atoms with Crippen molar-refractivity contribution in [2.75, 3.05) is 13.1 Å². The molecule has 0 radical (unpaired) electrons. The van der Waals surface area contributed by atoms with E-state index in [-0.39, 0.29) is 23.4 Å². The highest BCUT2D eigenvalue weighted by molar-refractivity contribution is 6.35. The topological polar surface area (TPSA) is 62.3 Å². The lowest BCUT2D eigenvalue weighted by molar-refractivity contribution is 0.0571. The Labute approximate surface area is 173 Å². The van der Waals surface area contributed by atoms with Crippen LogP contribution in [0.25, 0.3) is 0 Å². The molecular formula is C21H20Cl2FN3O. The van der Waals surface area contributed by atoms with Crippen LogP contribution in [0.15, 0.2) is 30.3 Å². The van der Waals surface area contributed by atoms with Gasteiger partial charge in [-0.1, -0.05) is 23.2 Å². The molecule has 1 aliphatic carbocycles. The summed E-state index contributed by atoms with van der Waals surface area (Å²) in [5.41, 5.74) is 8.30. The second-order valence-corrected chi connectivity index (χ2v) is 8.26. The van der Waals surface area contributed by atoms with E-state index in [0.29, 0.717) is 16.5 Å². The van der Waals surface area contributed by atoms with Crippen molar-refractivity contribution < 1.29 is 9.13 Å². The number of fused-ring (bicyclic) bond motifs is 1. The zero-order valence-corrected chi connectivity index (χ0v) is 16.7. The molecule has 146 valence electrons. The van der Waals surface area contributed by atoms with E-state index in [0.717, 1.165) is 37.1 Å². The van der Waals surface area contributed by atoms with E-state index in [1.165, 1.54) is 12.1 Å². The molecule has 4 nitrogen and oxygen atoms in total. The fourth-order valence-corrected chi connectivity index (χ4v) is 4.81. The second kappa shape index (κ2) is 7.88. The molecule has 0 spiro atoms. The number of rotatable bonds is 3. The summed E-state index contributed by atoms with van der Waals surface area (Å²) < 4.78 is 20.7. The Hall–Kier alpha value is -1.84. The molecule has 7 heteroatoms. The van der Waals surface area contributed by atoms with Gasteiger partial charge in [-0.2, -0.15) is 5.26 Å². The van der Waals surface area contributed by atoms with Gasteiger partial charge in [-0.05, 0) is 61.7 Å². The van der Waals surface area contributed by atoms with Crippen LogP contribution in [0.3, 0.4) is 0 Å². The van der Waals surface area contributed by atoms with Crippen LogP contribution in [0.4, 0.5) is 4.39 Å². The highest BCUT2D eigenvalue weighted by atomic mass is 35.5. The van der Waals surface area contributed by atoms with Gasteiger partial charge in [-0.25, -0.2) is 4.39 Å². The first-order valence-electron chi connectivity index (χ1n) is 9.30. The minimum Gasteiger partial charge on any atom is -0.481 e. The van der Waals surface area contributed by atoms with Crippen LogP contribution in [-0.4, -0.2) is 30.1 Å². The summed E-state index contributed by atoms with van der Waals surface area (Å²) in [7, 11) is 0. The smallest absolute Gasteiger partial charge is 0.166 e. The summed E-state index contributed by atoms with van der Waals surface area (Å²) in [5, 5.41) is 10.1. The normalized spacial score (nSPS) is 24.6. The Morgan fingerprint density at radius 3 is 2.79 bits per heavy atom. The van der Waals surface area contributed by atoms with Gasteiger partial charge in [-0.15, -0.1) is 0 Å². The van der Waals surface area contributed by atoms with Crippen LogP contribution < -0.4 is 10.5 Å². The van der Waals surface area contributed by atoms with E-state index in [9.17, 15) is 4.39 Å². The van der Waals surface area contributed by atoms with Crippen molar-refractivity contribution in [3.8, 4) is 11.8 Å². The van der Waals surface area contributed by atoms with Crippen LogP contribution in [0.1, 0.15) is 35.6 Å². The van der Waals surface area contributed by atoms with E-state index in [2.05, 4.69) is 4.90 Å². The first-order chi connectivity index (χ1) is 13.5. The number of likely N-dealkylation sites (tertiary alicyclic amines) is 1. The predicted molar refractivity (Wildman–Crippen MR) is 107 cm³/mol. The summed E-state index contributed by atoms with van der Waals surface area (Å²) >= 11 is 12.7. The van der Waals surface area contributed by atoms with Crippen molar-refractivity contribution >= 4 is 23.2 Å². The summed E-state index contributed by atoms with van der Waals surface area (Å²) in [6.45, 7) is 1.67. The molecule has 2 aromatic rings. The number of piperidine rings is 1. The average molecular weight is 420 g/mol. The molecule has 0 aromatic heterocycles. The fourth-order valence-electron chi connectivity index (χ4n) is 4.22. The van der Waals surface area contributed by atoms with E-state index >= 15 is 0 Å². The van der Waals surface area contributed by atoms with Gasteiger partial charge in [0.25, 0.3) is 0 Å². The lowest BCUT2D eigenvalue weighted by Crippen LogP contribution is -2.49. The van der Waals surface area contributed by atoms with Crippen LogP contribution in [0.5, 0.6) is 5.75 Å². The van der Waals surface area contributed by atoms with Gasteiger partial charge in [0.1, 0.15) is 6.10 Å². The number of nitrogens with zero attached hydrogens (tertiary/aromatic N) is 2. The quantitative estimate of drug-likeness (QED) is 0.796. The number of halogens is 3. The summed E-state index contributed by atoms with van der Waals surface area (Å²) in [6, 6.07) is 9.84. The monoisotopic (exact) mass is 419 g/mol. The third-order valence-electron chi connectivity index (χ3n) is 5.54. The predicted octanol–water partition coefficient (Wildman–Crippen LogP) is 4.47. The van der Waals surface area contributed by atoms with E-state index in [1.807, 2.05) is 12.1 Å². The lowest BCUT2D eigenvalue weighted by atomic mass is 10.0. The minimum atomic E-state index is -0.560. The van der Waals surface area contributed by atoms with Crippen LogP contribution >= 0.6 is 23.2 Å². The summed E-state index contributed by atoms with van der Waals surface area (Å²) in [6.07, 6.45) is 2.29. The molecule has 1 aliphatic heterocycles. The fraction of sp³-hybridized carbons (Fsp3) is 0.381. The number of hydrogen-bond acceptors (Lipinski definition) is 4. The Kier molecular flexibility index (Phi) is 5.48. The van der Waals surface area contributed by atoms with Crippen molar-refractivity contribution in [1.82, 2.24) is 4.90 Å². The maximum atomic E-state index is 14.5. The first kappa shape index (κ1) is 19.5. The zero-order chi connectivity index (χ0) is 19.8. The van der Waals surface area contributed by atoms with Crippen molar-refractivity contribution in [1.29, 1.82) is 5.26 Å².